The van der Waals surface area contributed by atoms with E-state index in [4.69, 9.17) is 5.11 Å². The number of hydrogen-bond acceptors (Lipinski definition) is 3. The molecule has 20 heavy (non-hydrogen) atoms. The van der Waals surface area contributed by atoms with E-state index < -0.39 is 5.97 Å². The summed E-state index contributed by atoms with van der Waals surface area (Å²) in [5.41, 5.74) is 3.47. The lowest BCUT2D eigenvalue weighted by atomic mass is 10.0. The molecule has 0 aliphatic heterocycles. The van der Waals surface area contributed by atoms with Crippen LogP contribution in [0, 0.1) is 13.8 Å². The van der Waals surface area contributed by atoms with Gasteiger partial charge in [-0.2, -0.15) is 5.10 Å². The first-order chi connectivity index (χ1) is 9.45. The minimum absolute atomic E-state index is 0.0930. The van der Waals surface area contributed by atoms with Crippen molar-refractivity contribution in [1.29, 1.82) is 0 Å². The van der Waals surface area contributed by atoms with E-state index in [1.54, 1.807) is 6.07 Å². The van der Waals surface area contributed by atoms with Gasteiger partial charge in [0.25, 0.3) is 0 Å². The summed E-state index contributed by atoms with van der Waals surface area (Å²) in [6.45, 7) is 6.79. The van der Waals surface area contributed by atoms with Crippen LogP contribution >= 0.6 is 0 Å². The zero-order valence-corrected chi connectivity index (χ0v) is 11.8. The fourth-order valence-corrected chi connectivity index (χ4v) is 2.41. The van der Waals surface area contributed by atoms with Crippen LogP contribution in [0.2, 0.25) is 0 Å². The van der Waals surface area contributed by atoms with Crippen LogP contribution in [0.15, 0.2) is 18.2 Å². The zero-order chi connectivity index (χ0) is 14.9. The average molecular weight is 274 g/mol. The van der Waals surface area contributed by atoms with Crippen molar-refractivity contribution in [3.8, 4) is 16.9 Å². The summed E-state index contributed by atoms with van der Waals surface area (Å²) in [5, 5.41) is 23.1. The highest BCUT2D eigenvalue weighted by Gasteiger charge is 2.16. The van der Waals surface area contributed by atoms with Crippen molar-refractivity contribution in [1.82, 2.24) is 9.78 Å². The Hall–Kier alpha value is -2.30. The Balaban J connectivity index is 2.57. The first-order valence-electron chi connectivity index (χ1n) is 6.56. The molecule has 0 amide bonds. The van der Waals surface area contributed by atoms with Crippen LogP contribution in [0.1, 0.15) is 35.1 Å². The van der Waals surface area contributed by atoms with E-state index in [1.807, 2.05) is 18.5 Å². The fourth-order valence-electron chi connectivity index (χ4n) is 2.41. The van der Waals surface area contributed by atoms with Crippen molar-refractivity contribution in [3.05, 3.63) is 35.2 Å². The minimum Gasteiger partial charge on any atom is -0.507 e. The van der Waals surface area contributed by atoms with Crippen LogP contribution in [0.5, 0.6) is 5.75 Å². The van der Waals surface area contributed by atoms with E-state index in [9.17, 15) is 9.90 Å². The van der Waals surface area contributed by atoms with Crippen molar-refractivity contribution < 1.29 is 15.0 Å². The highest BCUT2D eigenvalue weighted by molar-refractivity contribution is 5.92. The van der Waals surface area contributed by atoms with E-state index >= 15 is 0 Å². The molecular formula is C15H18N2O3. The van der Waals surface area contributed by atoms with Crippen LogP contribution in [-0.4, -0.2) is 26.0 Å². The van der Waals surface area contributed by atoms with Gasteiger partial charge in [0.15, 0.2) is 0 Å². The Morgan fingerprint density at radius 2 is 2.05 bits per heavy atom. The number of aromatic hydroxyl groups is 1. The summed E-state index contributed by atoms with van der Waals surface area (Å²) in [4.78, 5) is 11.1. The monoisotopic (exact) mass is 274 g/mol. The molecular weight excluding hydrogens is 256 g/mol. The molecule has 0 atom stereocenters. The van der Waals surface area contributed by atoms with Crippen molar-refractivity contribution in [2.45, 2.75) is 33.7 Å². The number of aromatic carboxylic acids is 1. The van der Waals surface area contributed by atoms with Gasteiger partial charge in [-0.15, -0.1) is 0 Å². The summed E-state index contributed by atoms with van der Waals surface area (Å²) in [7, 11) is 0. The fraction of sp³-hybridized carbons (Fsp3) is 0.333. The number of phenols is 1. The Morgan fingerprint density at radius 1 is 1.35 bits per heavy atom. The van der Waals surface area contributed by atoms with Gasteiger partial charge in [-0.3, -0.25) is 4.68 Å². The van der Waals surface area contributed by atoms with Gasteiger partial charge in [-0.25, -0.2) is 4.79 Å². The predicted octanol–water partition coefficient (Wildman–Crippen LogP) is 2.98. The van der Waals surface area contributed by atoms with E-state index in [-0.39, 0.29) is 11.3 Å². The number of hydrogen-bond donors (Lipinski definition) is 2. The molecule has 1 aromatic heterocycles. The third-order valence-corrected chi connectivity index (χ3v) is 3.33. The summed E-state index contributed by atoms with van der Waals surface area (Å²) in [6.07, 6.45) is 0.983. The molecule has 1 heterocycles. The lowest BCUT2D eigenvalue weighted by Gasteiger charge is -2.06. The lowest BCUT2D eigenvalue weighted by Crippen LogP contribution is -2.01. The van der Waals surface area contributed by atoms with Gasteiger partial charge < -0.3 is 10.2 Å². The quantitative estimate of drug-likeness (QED) is 0.898. The zero-order valence-electron chi connectivity index (χ0n) is 11.8. The van der Waals surface area contributed by atoms with Crippen molar-refractivity contribution >= 4 is 5.97 Å². The van der Waals surface area contributed by atoms with Gasteiger partial charge in [0.1, 0.15) is 11.3 Å². The van der Waals surface area contributed by atoms with Gasteiger partial charge in [-0.1, -0.05) is 13.0 Å². The molecule has 0 unspecified atom stereocenters. The largest absolute Gasteiger partial charge is 0.507 e. The maximum Gasteiger partial charge on any atom is 0.339 e. The Labute approximate surface area is 117 Å². The molecule has 0 radical (unpaired) electrons. The third kappa shape index (κ3) is 2.39. The molecule has 1 aromatic carbocycles. The number of benzene rings is 1. The maximum absolute atomic E-state index is 11.1. The van der Waals surface area contributed by atoms with Crippen molar-refractivity contribution in [2.24, 2.45) is 0 Å². The number of aromatic nitrogens is 2. The normalized spacial score (nSPS) is 10.8. The molecule has 5 nitrogen and oxygen atoms in total. The van der Waals surface area contributed by atoms with E-state index in [0.717, 1.165) is 35.5 Å². The molecule has 2 aromatic rings. The molecule has 0 fully saturated rings. The van der Waals surface area contributed by atoms with Crippen LogP contribution < -0.4 is 0 Å². The smallest absolute Gasteiger partial charge is 0.339 e. The minimum atomic E-state index is -1.14. The van der Waals surface area contributed by atoms with Crippen molar-refractivity contribution in [2.75, 3.05) is 0 Å². The number of aryl methyl sites for hydroxylation is 2. The summed E-state index contributed by atoms with van der Waals surface area (Å²) in [5.74, 6) is -1.36. The number of carboxylic acids is 1. The second-order valence-corrected chi connectivity index (χ2v) is 4.81. The third-order valence-electron chi connectivity index (χ3n) is 3.33. The standard InChI is InChI=1S/C15H18N2O3/c1-4-7-17-10(3)14(9(2)16-17)11-5-6-13(18)12(8-11)15(19)20/h5-6,8,18H,4,7H2,1-3H3,(H,19,20). The Morgan fingerprint density at radius 3 is 2.65 bits per heavy atom. The molecule has 106 valence electrons. The summed E-state index contributed by atoms with van der Waals surface area (Å²) < 4.78 is 1.93. The topological polar surface area (TPSA) is 75.3 Å². The highest BCUT2D eigenvalue weighted by Crippen LogP contribution is 2.30. The molecule has 2 rings (SSSR count). The second-order valence-electron chi connectivity index (χ2n) is 4.81. The van der Waals surface area contributed by atoms with E-state index in [1.165, 1.54) is 12.1 Å². The number of nitrogens with zero attached hydrogens (tertiary/aromatic N) is 2. The molecule has 0 saturated heterocycles. The van der Waals surface area contributed by atoms with Crippen LogP contribution in [-0.2, 0) is 6.54 Å². The number of carbonyl (C=O) groups is 1. The molecule has 0 aliphatic carbocycles. The Kier molecular flexibility index (Phi) is 3.79. The first-order valence-corrected chi connectivity index (χ1v) is 6.56. The average Bonchev–Trinajstić information content (AvgIpc) is 2.66. The summed E-state index contributed by atoms with van der Waals surface area (Å²) in [6, 6.07) is 4.62. The Bertz CT molecular complexity index is 659. The first kappa shape index (κ1) is 14.1. The molecule has 0 spiro atoms. The van der Waals surface area contributed by atoms with Crippen LogP contribution in [0.25, 0.3) is 11.1 Å². The van der Waals surface area contributed by atoms with Gasteiger partial charge in [-0.05, 0) is 38.0 Å². The van der Waals surface area contributed by atoms with Crippen molar-refractivity contribution in [3.63, 3.8) is 0 Å². The molecule has 5 heteroatoms. The highest BCUT2D eigenvalue weighted by atomic mass is 16.4. The van der Waals surface area contributed by atoms with Gasteiger partial charge in [0, 0.05) is 17.8 Å². The maximum atomic E-state index is 11.1. The van der Waals surface area contributed by atoms with E-state index in [2.05, 4.69) is 12.0 Å². The van der Waals surface area contributed by atoms with Gasteiger partial charge in [0.2, 0.25) is 0 Å². The van der Waals surface area contributed by atoms with Crippen LogP contribution in [0.3, 0.4) is 0 Å². The van der Waals surface area contributed by atoms with Crippen LogP contribution in [0.4, 0.5) is 0 Å². The molecule has 0 saturated carbocycles. The lowest BCUT2D eigenvalue weighted by molar-refractivity contribution is 0.0694. The van der Waals surface area contributed by atoms with Gasteiger partial charge >= 0.3 is 5.97 Å². The summed E-state index contributed by atoms with van der Waals surface area (Å²) >= 11 is 0. The number of rotatable bonds is 4. The molecule has 0 aliphatic rings. The van der Waals surface area contributed by atoms with Gasteiger partial charge in [0.05, 0.1) is 5.69 Å². The number of carboxylic acid groups (broad SMARTS) is 1. The van der Waals surface area contributed by atoms with E-state index in [0.29, 0.717) is 0 Å². The second kappa shape index (κ2) is 5.36. The molecule has 2 N–H and O–H groups in total. The molecule has 0 bridgehead atoms. The SMILES string of the molecule is CCCn1nc(C)c(-c2ccc(O)c(C(=O)O)c2)c1C. The predicted molar refractivity (Wildman–Crippen MR) is 76.1 cm³/mol.